The molecule has 1 saturated heterocycles. The molecule has 1 rings (SSSR count). The van der Waals surface area contributed by atoms with Crippen LogP contribution >= 0.6 is 0 Å². The van der Waals surface area contributed by atoms with Crippen LogP contribution in [0.5, 0.6) is 0 Å². The first-order valence-corrected chi connectivity index (χ1v) is 6.60. The maximum absolute atomic E-state index is 12.1. The summed E-state index contributed by atoms with van der Waals surface area (Å²) in [4.78, 5) is 12.1. The van der Waals surface area contributed by atoms with Gasteiger partial charge in [0.1, 0.15) is 0 Å². The standard InChI is InChI=1S/C13H26N2O3/c1-12(5-4-7-14-9-12)11(16)15-10-13(2,17)6-8-18-3/h14,17H,4-10H2,1-3H3,(H,15,16). The second kappa shape index (κ2) is 6.50. The SMILES string of the molecule is COCCC(C)(O)CNC(=O)C1(C)CCCNC1. The highest BCUT2D eigenvalue weighted by Gasteiger charge is 2.35. The molecular formula is C13H26N2O3. The van der Waals surface area contributed by atoms with Crippen LogP contribution in [0, 0.1) is 5.41 Å². The van der Waals surface area contributed by atoms with Crippen LogP contribution in [0.3, 0.4) is 0 Å². The van der Waals surface area contributed by atoms with Crippen LogP contribution < -0.4 is 10.6 Å². The molecule has 1 fully saturated rings. The van der Waals surface area contributed by atoms with E-state index >= 15 is 0 Å². The van der Waals surface area contributed by atoms with Crippen LogP contribution in [0.4, 0.5) is 0 Å². The Morgan fingerprint density at radius 1 is 1.61 bits per heavy atom. The van der Waals surface area contributed by atoms with Gasteiger partial charge in [-0.2, -0.15) is 0 Å². The molecule has 0 aromatic carbocycles. The third-order valence-electron chi connectivity index (χ3n) is 3.62. The topological polar surface area (TPSA) is 70.6 Å². The third-order valence-corrected chi connectivity index (χ3v) is 3.62. The molecule has 0 aromatic rings. The monoisotopic (exact) mass is 258 g/mol. The van der Waals surface area contributed by atoms with Gasteiger partial charge in [0.2, 0.25) is 5.91 Å². The molecular weight excluding hydrogens is 232 g/mol. The van der Waals surface area contributed by atoms with Crippen LogP contribution in [0.25, 0.3) is 0 Å². The summed E-state index contributed by atoms with van der Waals surface area (Å²) < 4.78 is 4.94. The second-order valence-electron chi connectivity index (χ2n) is 5.76. The average Bonchev–Trinajstić information content (AvgIpc) is 2.34. The van der Waals surface area contributed by atoms with Gasteiger partial charge in [0, 0.05) is 33.2 Å². The second-order valence-corrected chi connectivity index (χ2v) is 5.76. The summed E-state index contributed by atoms with van der Waals surface area (Å²) in [5.41, 5.74) is -1.26. The van der Waals surface area contributed by atoms with E-state index in [9.17, 15) is 9.90 Å². The third kappa shape index (κ3) is 4.55. The zero-order valence-electron chi connectivity index (χ0n) is 11.7. The van der Waals surface area contributed by atoms with Crippen LogP contribution in [-0.4, -0.2) is 50.0 Å². The first-order valence-electron chi connectivity index (χ1n) is 6.60. The zero-order chi connectivity index (χ0) is 13.6. The Hall–Kier alpha value is -0.650. The molecule has 0 saturated carbocycles. The van der Waals surface area contributed by atoms with Gasteiger partial charge in [-0.1, -0.05) is 0 Å². The summed E-state index contributed by atoms with van der Waals surface area (Å²) in [6.45, 7) is 6.13. The Kier molecular flexibility index (Phi) is 5.56. The molecule has 0 radical (unpaired) electrons. The fourth-order valence-electron chi connectivity index (χ4n) is 2.14. The van der Waals surface area contributed by atoms with E-state index in [1.165, 1.54) is 0 Å². The molecule has 2 unspecified atom stereocenters. The van der Waals surface area contributed by atoms with Crippen molar-refractivity contribution in [1.29, 1.82) is 0 Å². The molecule has 5 nitrogen and oxygen atoms in total. The Morgan fingerprint density at radius 2 is 2.33 bits per heavy atom. The van der Waals surface area contributed by atoms with Gasteiger partial charge < -0.3 is 20.5 Å². The van der Waals surface area contributed by atoms with Crippen molar-refractivity contribution < 1.29 is 14.6 Å². The minimum Gasteiger partial charge on any atom is -0.388 e. The lowest BCUT2D eigenvalue weighted by atomic mass is 9.82. The zero-order valence-corrected chi connectivity index (χ0v) is 11.7. The van der Waals surface area contributed by atoms with E-state index in [1.54, 1.807) is 14.0 Å². The van der Waals surface area contributed by atoms with E-state index < -0.39 is 5.60 Å². The Bertz CT molecular complexity index is 273. The van der Waals surface area contributed by atoms with Crippen molar-refractivity contribution in [2.75, 3.05) is 33.4 Å². The van der Waals surface area contributed by atoms with Crippen molar-refractivity contribution in [2.24, 2.45) is 5.41 Å². The molecule has 1 heterocycles. The van der Waals surface area contributed by atoms with Crippen molar-refractivity contribution in [2.45, 2.75) is 38.7 Å². The summed E-state index contributed by atoms with van der Waals surface area (Å²) in [6.07, 6.45) is 2.43. The molecule has 0 aliphatic carbocycles. The highest BCUT2D eigenvalue weighted by molar-refractivity contribution is 5.82. The number of rotatable bonds is 6. The molecule has 106 valence electrons. The highest BCUT2D eigenvalue weighted by Crippen LogP contribution is 2.25. The number of amides is 1. The molecule has 0 aromatic heterocycles. The van der Waals surface area contributed by atoms with Crippen molar-refractivity contribution in [3.05, 3.63) is 0 Å². The molecule has 2 atom stereocenters. The maximum Gasteiger partial charge on any atom is 0.227 e. The van der Waals surface area contributed by atoms with Gasteiger partial charge in [0.05, 0.1) is 11.0 Å². The van der Waals surface area contributed by atoms with E-state index in [0.29, 0.717) is 19.6 Å². The van der Waals surface area contributed by atoms with Gasteiger partial charge in [0.25, 0.3) is 0 Å². The van der Waals surface area contributed by atoms with Crippen molar-refractivity contribution in [1.82, 2.24) is 10.6 Å². The van der Waals surface area contributed by atoms with Crippen LogP contribution in [0.1, 0.15) is 33.1 Å². The van der Waals surface area contributed by atoms with Gasteiger partial charge >= 0.3 is 0 Å². The molecule has 1 aliphatic heterocycles. The summed E-state index contributed by atoms with van der Waals surface area (Å²) in [5.74, 6) is 0.0207. The highest BCUT2D eigenvalue weighted by atomic mass is 16.5. The molecule has 0 spiro atoms. The predicted molar refractivity (Wildman–Crippen MR) is 70.3 cm³/mol. The predicted octanol–water partition coefficient (Wildman–Crippen LogP) is 0.280. The fourth-order valence-corrected chi connectivity index (χ4v) is 2.14. The van der Waals surface area contributed by atoms with Crippen LogP contribution in [-0.2, 0) is 9.53 Å². The Balaban J connectivity index is 2.40. The van der Waals surface area contributed by atoms with E-state index in [0.717, 1.165) is 19.4 Å². The van der Waals surface area contributed by atoms with Gasteiger partial charge in [-0.15, -0.1) is 0 Å². The minimum absolute atomic E-state index is 0.0207. The first kappa shape index (κ1) is 15.4. The summed E-state index contributed by atoms with van der Waals surface area (Å²) in [6, 6.07) is 0. The van der Waals surface area contributed by atoms with Crippen molar-refractivity contribution >= 4 is 5.91 Å². The lowest BCUT2D eigenvalue weighted by Gasteiger charge is -2.34. The first-order chi connectivity index (χ1) is 8.40. The Labute approximate surface area is 109 Å². The van der Waals surface area contributed by atoms with Gasteiger partial charge in [-0.3, -0.25) is 4.79 Å². The lowest BCUT2D eigenvalue weighted by molar-refractivity contribution is -0.132. The molecule has 18 heavy (non-hydrogen) atoms. The molecule has 0 bridgehead atoms. The fraction of sp³-hybridized carbons (Fsp3) is 0.923. The molecule has 5 heteroatoms. The summed E-state index contributed by atoms with van der Waals surface area (Å²) in [5, 5.41) is 16.2. The van der Waals surface area contributed by atoms with Crippen LogP contribution in [0.2, 0.25) is 0 Å². The van der Waals surface area contributed by atoms with Crippen molar-refractivity contribution in [3.63, 3.8) is 0 Å². The van der Waals surface area contributed by atoms with Crippen LogP contribution in [0.15, 0.2) is 0 Å². The number of nitrogens with one attached hydrogen (secondary N) is 2. The smallest absolute Gasteiger partial charge is 0.227 e. The van der Waals surface area contributed by atoms with Gasteiger partial charge in [-0.25, -0.2) is 0 Å². The maximum atomic E-state index is 12.1. The minimum atomic E-state index is -0.913. The van der Waals surface area contributed by atoms with E-state index in [2.05, 4.69) is 10.6 Å². The van der Waals surface area contributed by atoms with Crippen molar-refractivity contribution in [3.8, 4) is 0 Å². The average molecular weight is 258 g/mol. The largest absolute Gasteiger partial charge is 0.388 e. The van der Waals surface area contributed by atoms with E-state index in [4.69, 9.17) is 4.74 Å². The molecule has 1 amide bonds. The Morgan fingerprint density at radius 3 is 2.89 bits per heavy atom. The van der Waals surface area contributed by atoms with Gasteiger partial charge in [0.15, 0.2) is 0 Å². The number of carbonyl (C=O) groups is 1. The van der Waals surface area contributed by atoms with Gasteiger partial charge in [-0.05, 0) is 33.2 Å². The molecule has 1 aliphatic rings. The quantitative estimate of drug-likeness (QED) is 0.640. The number of methoxy groups -OCH3 is 1. The lowest BCUT2D eigenvalue weighted by Crippen LogP contribution is -2.51. The number of aliphatic hydroxyl groups is 1. The number of hydrogen-bond donors (Lipinski definition) is 3. The number of carbonyl (C=O) groups excluding carboxylic acids is 1. The number of piperidine rings is 1. The van der Waals surface area contributed by atoms with E-state index in [-0.39, 0.29) is 17.9 Å². The molecule has 3 N–H and O–H groups in total. The number of hydrogen-bond acceptors (Lipinski definition) is 4. The summed E-state index contributed by atoms with van der Waals surface area (Å²) in [7, 11) is 1.60. The number of ether oxygens (including phenoxy) is 1. The van der Waals surface area contributed by atoms with E-state index in [1.807, 2.05) is 6.92 Å². The summed E-state index contributed by atoms with van der Waals surface area (Å²) >= 11 is 0. The normalized spacial score (nSPS) is 27.6.